The molecular formula is C16H16N4O3. The summed E-state index contributed by atoms with van der Waals surface area (Å²) in [5.41, 5.74) is 1.76. The van der Waals surface area contributed by atoms with Gasteiger partial charge in [-0.3, -0.25) is 10.1 Å². The van der Waals surface area contributed by atoms with Crippen LogP contribution in [0.15, 0.2) is 48.5 Å². The number of fused-ring (bicyclic) bond motifs is 1. The lowest BCUT2D eigenvalue weighted by Gasteiger charge is -2.09. The second-order valence-corrected chi connectivity index (χ2v) is 5.10. The summed E-state index contributed by atoms with van der Waals surface area (Å²) in [6.07, 6.45) is 0. The van der Waals surface area contributed by atoms with Gasteiger partial charge < -0.3 is 10.4 Å². The van der Waals surface area contributed by atoms with Gasteiger partial charge in [-0.05, 0) is 11.6 Å². The lowest BCUT2D eigenvalue weighted by Crippen LogP contribution is -2.12. The first-order chi connectivity index (χ1) is 11.2. The third kappa shape index (κ3) is 3.14. The second kappa shape index (κ2) is 6.45. The van der Waals surface area contributed by atoms with E-state index in [0.717, 1.165) is 5.56 Å². The van der Waals surface area contributed by atoms with Gasteiger partial charge in [-0.15, -0.1) is 0 Å². The van der Waals surface area contributed by atoms with Crippen molar-refractivity contribution >= 4 is 22.4 Å². The van der Waals surface area contributed by atoms with Crippen LogP contribution in [0.2, 0.25) is 0 Å². The zero-order valence-corrected chi connectivity index (χ0v) is 12.3. The van der Waals surface area contributed by atoms with E-state index >= 15 is 0 Å². The first kappa shape index (κ1) is 15.0. The number of nitro benzene ring substituents is 1. The van der Waals surface area contributed by atoms with Gasteiger partial charge in [-0.1, -0.05) is 30.3 Å². The number of nitro groups is 1. The standard InChI is InChI=1S/C16H16N4O3/c21-9-8-17-16-14-10-13(20(22)23)6-7-15(14)18-19(16)11-12-4-2-1-3-5-12/h1-7,10,17,21H,8-9,11H2. The molecule has 0 fully saturated rings. The number of aliphatic hydroxyl groups is 1. The molecule has 0 unspecified atom stereocenters. The number of nitrogens with zero attached hydrogens (tertiary/aromatic N) is 3. The van der Waals surface area contributed by atoms with Crippen molar-refractivity contribution in [3.63, 3.8) is 0 Å². The van der Waals surface area contributed by atoms with E-state index < -0.39 is 4.92 Å². The molecular weight excluding hydrogens is 296 g/mol. The number of aromatic nitrogens is 2. The van der Waals surface area contributed by atoms with E-state index in [2.05, 4.69) is 10.4 Å². The number of anilines is 1. The highest BCUT2D eigenvalue weighted by atomic mass is 16.6. The Bertz CT molecular complexity index is 830. The predicted molar refractivity (Wildman–Crippen MR) is 87.5 cm³/mol. The predicted octanol–water partition coefficient (Wildman–Crippen LogP) is 2.40. The van der Waals surface area contributed by atoms with E-state index in [1.165, 1.54) is 12.1 Å². The fourth-order valence-corrected chi connectivity index (χ4v) is 2.47. The van der Waals surface area contributed by atoms with E-state index in [0.29, 0.717) is 29.8 Å². The van der Waals surface area contributed by atoms with Gasteiger partial charge in [0, 0.05) is 18.7 Å². The number of non-ortho nitro benzene ring substituents is 1. The van der Waals surface area contributed by atoms with Crippen molar-refractivity contribution < 1.29 is 10.0 Å². The molecule has 3 aromatic rings. The Labute approximate surface area is 132 Å². The van der Waals surface area contributed by atoms with Crippen LogP contribution in [0.3, 0.4) is 0 Å². The maximum Gasteiger partial charge on any atom is 0.270 e. The lowest BCUT2D eigenvalue weighted by molar-refractivity contribution is -0.384. The van der Waals surface area contributed by atoms with Gasteiger partial charge in [0.25, 0.3) is 5.69 Å². The third-order valence-corrected chi connectivity index (χ3v) is 3.51. The van der Waals surface area contributed by atoms with Crippen molar-refractivity contribution in [1.29, 1.82) is 0 Å². The molecule has 3 rings (SSSR count). The van der Waals surface area contributed by atoms with Crippen LogP contribution in [-0.4, -0.2) is 33.0 Å². The molecule has 0 aliphatic heterocycles. The molecule has 23 heavy (non-hydrogen) atoms. The molecule has 1 heterocycles. The molecule has 0 atom stereocenters. The van der Waals surface area contributed by atoms with Gasteiger partial charge in [0.2, 0.25) is 0 Å². The monoisotopic (exact) mass is 312 g/mol. The molecule has 7 heteroatoms. The van der Waals surface area contributed by atoms with E-state index in [9.17, 15) is 10.1 Å². The van der Waals surface area contributed by atoms with Gasteiger partial charge in [-0.25, -0.2) is 4.68 Å². The van der Waals surface area contributed by atoms with Crippen LogP contribution < -0.4 is 5.32 Å². The fraction of sp³-hybridized carbons (Fsp3) is 0.188. The summed E-state index contributed by atoms with van der Waals surface area (Å²) in [6, 6.07) is 14.4. The van der Waals surface area contributed by atoms with Crippen molar-refractivity contribution in [2.24, 2.45) is 0 Å². The summed E-state index contributed by atoms with van der Waals surface area (Å²) in [7, 11) is 0. The number of aliphatic hydroxyl groups excluding tert-OH is 1. The normalized spacial score (nSPS) is 10.8. The van der Waals surface area contributed by atoms with E-state index in [1.54, 1.807) is 10.7 Å². The molecule has 0 amide bonds. The Morgan fingerprint density at radius 3 is 2.70 bits per heavy atom. The van der Waals surface area contributed by atoms with Crippen LogP contribution in [0.4, 0.5) is 11.5 Å². The Kier molecular flexibility index (Phi) is 4.20. The van der Waals surface area contributed by atoms with Gasteiger partial charge >= 0.3 is 0 Å². The van der Waals surface area contributed by atoms with Gasteiger partial charge in [-0.2, -0.15) is 5.10 Å². The summed E-state index contributed by atoms with van der Waals surface area (Å²) in [6.45, 7) is 0.849. The topological polar surface area (TPSA) is 93.2 Å². The van der Waals surface area contributed by atoms with Crippen LogP contribution in [0.25, 0.3) is 10.9 Å². The molecule has 0 saturated heterocycles. The smallest absolute Gasteiger partial charge is 0.270 e. The van der Waals surface area contributed by atoms with Gasteiger partial charge in [0.05, 0.1) is 29.0 Å². The third-order valence-electron chi connectivity index (χ3n) is 3.51. The number of nitrogens with one attached hydrogen (secondary N) is 1. The minimum Gasteiger partial charge on any atom is -0.395 e. The number of hydrogen-bond donors (Lipinski definition) is 2. The molecule has 0 aliphatic rings. The quantitative estimate of drug-likeness (QED) is 0.538. The molecule has 0 radical (unpaired) electrons. The molecule has 2 N–H and O–H groups in total. The Hall–Kier alpha value is -2.93. The van der Waals surface area contributed by atoms with Crippen LogP contribution in [0, 0.1) is 10.1 Å². The number of benzene rings is 2. The highest BCUT2D eigenvalue weighted by Crippen LogP contribution is 2.28. The summed E-state index contributed by atoms with van der Waals surface area (Å²) in [4.78, 5) is 10.6. The molecule has 0 bridgehead atoms. The molecule has 118 valence electrons. The first-order valence-corrected chi connectivity index (χ1v) is 7.22. The lowest BCUT2D eigenvalue weighted by atomic mass is 10.2. The average molecular weight is 312 g/mol. The van der Waals surface area contributed by atoms with Crippen molar-refractivity contribution in [1.82, 2.24) is 9.78 Å². The van der Waals surface area contributed by atoms with Crippen LogP contribution in [0.5, 0.6) is 0 Å². The first-order valence-electron chi connectivity index (χ1n) is 7.22. The van der Waals surface area contributed by atoms with Crippen molar-refractivity contribution in [3.05, 3.63) is 64.2 Å². The van der Waals surface area contributed by atoms with Crippen molar-refractivity contribution in [2.75, 3.05) is 18.5 Å². The molecule has 0 spiro atoms. The van der Waals surface area contributed by atoms with Crippen molar-refractivity contribution in [3.8, 4) is 0 Å². The van der Waals surface area contributed by atoms with Gasteiger partial charge in [0.1, 0.15) is 5.82 Å². The zero-order chi connectivity index (χ0) is 16.2. The molecule has 0 aliphatic carbocycles. The van der Waals surface area contributed by atoms with Crippen molar-refractivity contribution in [2.45, 2.75) is 6.54 Å². The van der Waals surface area contributed by atoms with E-state index in [1.807, 2.05) is 30.3 Å². The molecule has 0 saturated carbocycles. The Morgan fingerprint density at radius 1 is 1.22 bits per heavy atom. The maximum atomic E-state index is 11.0. The number of hydrogen-bond acceptors (Lipinski definition) is 5. The maximum absolute atomic E-state index is 11.0. The highest BCUT2D eigenvalue weighted by Gasteiger charge is 2.15. The summed E-state index contributed by atoms with van der Waals surface area (Å²) < 4.78 is 1.76. The minimum absolute atomic E-state index is 0.0174. The summed E-state index contributed by atoms with van der Waals surface area (Å²) in [5, 5.41) is 28.3. The number of rotatable bonds is 6. The minimum atomic E-state index is -0.427. The van der Waals surface area contributed by atoms with Crippen LogP contribution >= 0.6 is 0 Å². The fourth-order valence-electron chi connectivity index (χ4n) is 2.47. The largest absolute Gasteiger partial charge is 0.395 e. The molecule has 2 aromatic carbocycles. The molecule has 7 nitrogen and oxygen atoms in total. The van der Waals surface area contributed by atoms with Gasteiger partial charge in [0.15, 0.2) is 0 Å². The van der Waals surface area contributed by atoms with E-state index in [4.69, 9.17) is 5.11 Å². The molecule has 1 aromatic heterocycles. The van der Waals surface area contributed by atoms with Crippen LogP contribution in [0.1, 0.15) is 5.56 Å². The average Bonchev–Trinajstić information content (AvgIpc) is 2.90. The SMILES string of the molecule is O=[N+]([O-])c1ccc2nn(Cc3ccccc3)c(NCCO)c2c1. The Balaban J connectivity index is 2.06. The zero-order valence-electron chi connectivity index (χ0n) is 12.3. The summed E-state index contributed by atoms with van der Waals surface area (Å²) in [5.74, 6) is 0.668. The second-order valence-electron chi connectivity index (χ2n) is 5.10. The van der Waals surface area contributed by atoms with Crippen LogP contribution in [-0.2, 0) is 6.54 Å². The Morgan fingerprint density at radius 2 is 2.00 bits per heavy atom. The van der Waals surface area contributed by atoms with E-state index in [-0.39, 0.29) is 12.3 Å². The summed E-state index contributed by atoms with van der Waals surface area (Å²) >= 11 is 0. The highest BCUT2D eigenvalue weighted by molar-refractivity contribution is 5.91.